The fourth-order valence-electron chi connectivity index (χ4n) is 8.30. The van der Waals surface area contributed by atoms with Crippen molar-refractivity contribution >= 4 is 21.8 Å². The molecule has 63 heavy (non-hydrogen) atoms. The molecule has 0 radical (unpaired) electrons. The summed E-state index contributed by atoms with van der Waals surface area (Å²) in [5.74, 6) is 1.42. The van der Waals surface area contributed by atoms with Crippen molar-refractivity contribution < 1.29 is 0 Å². The number of fused-ring (bicyclic) bond motifs is 3. The van der Waals surface area contributed by atoms with Crippen molar-refractivity contribution in [2.45, 2.75) is 0 Å². The van der Waals surface area contributed by atoms with Crippen LogP contribution in [0.1, 0.15) is 22.3 Å². The van der Waals surface area contributed by atoms with Crippen LogP contribution in [0.15, 0.2) is 182 Å². The van der Waals surface area contributed by atoms with Gasteiger partial charge in [-0.05, 0) is 71.8 Å². The lowest BCUT2D eigenvalue weighted by molar-refractivity contribution is 1.07. The Kier molecular flexibility index (Phi) is 9.56. The molecular weight excluding hydrogens is 773 g/mol. The van der Waals surface area contributed by atoms with E-state index < -0.39 is 0 Å². The molecule has 290 valence electrons. The highest BCUT2D eigenvalue weighted by molar-refractivity contribution is 6.12. The molecule has 0 N–H and O–H groups in total. The Morgan fingerprint density at radius 2 is 0.810 bits per heavy atom. The fraction of sp³-hybridized carbons (Fsp3) is 0. The molecule has 0 amide bonds. The molecular formula is C55H30N8. The van der Waals surface area contributed by atoms with Crippen molar-refractivity contribution in [2.75, 3.05) is 0 Å². The number of hydrogen-bond donors (Lipinski definition) is 0. The van der Waals surface area contributed by atoms with Gasteiger partial charge in [0.2, 0.25) is 0 Å². The number of hydrogen-bond acceptors (Lipinski definition) is 7. The first-order valence-electron chi connectivity index (χ1n) is 20.1. The van der Waals surface area contributed by atoms with Crippen LogP contribution in [-0.4, -0.2) is 19.5 Å². The van der Waals surface area contributed by atoms with Crippen molar-refractivity contribution in [3.63, 3.8) is 0 Å². The van der Waals surface area contributed by atoms with Crippen molar-refractivity contribution in [2.24, 2.45) is 0 Å². The molecule has 8 heteroatoms. The van der Waals surface area contributed by atoms with Crippen LogP contribution in [0.5, 0.6) is 0 Å². The van der Waals surface area contributed by atoms with E-state index in [1.165, 1.54) is 0 Å². The zero-order valence-corrected chi connectivity index (χ0v) is 33.4. The average Bonchev–Trinajstić information content (AvgIpc) is 3.69. The number of nitrogens with zero attached hydrogens (tertiary/aromatic N) is 8. The minimum absolute atomic E-state index is 0.401. The van der Waals surface area contributed by atoms with Gasteiger partial charge < -0.3 is 4.57 Å². The lowest BCUT2D eigenvalue weighted by Crippen LogP contribution is -2.05. The van der Waals surface area contributed by atoms with E-state index in [1.807, 2.05) is 146 Å². The number of para-hydroxylation sites is 1. The van der Waals surface area contributed by atoms with Gasteiger partial charge in [-0.3, -0.25) is 0 Å². The molecule has 8 aromatic carbocycles. The van der Waals surface area contributed by atoms with Crippen LogP contribution in [0, 0.1) is 45.3 Å². The Hall–Kier alpha value is -9.47. The summed E-state index contributed by atoms with van der Waals surface area (Å²) in [4.78, 5) is 15.2. The molecule has 8 nitrogen and oxygen atoms in total. The highest BCUT2D eigenvalue weighted by Gasteiger charge is 2.25. The summed E-state index contributed by atoms with van der Waals surface area (Å²) < 4.78 is 2.20. The third-order valence-electron chi connectivity index (χ3n) is 11.2. The van der Waals surface area contributed by atoms with Crippen LogP contribution >= 0.6 is 0 Å². The van der Waals surface area contributed by atoms with Gasteiger partial charge in [-0.25, -0.2) is 15.0 Å². The second-order valence-electron chi connectivity index (χ2n) is 14.9. The summed E-state index contributed by atoms with van der Waals surface area (Å²) in [5, 5.41) is 42.8. The molecule has 0 unspecified atom stereocenters. The number of nitriles is 4. The summed E-state index contributed by atoms with van der Waals surface area (Å²) in [6, 6.07) is 67.4. The van der Waals surface area contributed by atoms with Crippen molar-refractivity contribution in [1.29, 1.82) is 21.0 Å². The van der Waals surface area contributed by atoms with E-state index in [4.69, 9.17) is 15.0 Å². The van der Waals surface area contributed by atoms with E-state index in [0.29, 0.717) is 56.4 Å². The predicted octanol–water partition coefficient (Wildman–Crippen LogP) is 12.5. The summed E-state index contributed by atoms with van der Waals surface area (Å²) in [5.41, 5.74) is 11.0. The Labute approximate surface area is 362 Å². The SMILES string of the molecule is N#Cc1cc(C#N)cc(-c2ccc3c(c2)c2ccccc2n3-c2c(-c3ccccc3C#N)cc(-c3nc(-c4ccccc4)nc(-c4ccccc4)n3)cc2-c2ccccc2C#N)c1. The second kappa shape index (κ2) is 15.9. The summed E-state index contributed by atoms with van der Waals surface area (Å²) in [6.07, 6.45) is 0. The Morgan fingerprint density at radius 3 is 1.35 bits per heavy atom. The molecule has 0 atom stereocenters. The van der Waals surface area contributed by atoms with E-state index >= 15 is 0 Å². The molecule has 0 saturated heterocycles. The lowest BCUT2D eigenvalue weighted by atomic mass is 9.89. The summed E-state index contributed by atoms with van der Waals surface area (Å²) >= 11 is 0. The Morgan fingerprint density at radius 1 is 0.333 bits per heavy atom. The zero-order valence-electron chi connectivity index (χ0n) is 33.4. The van der Waals surface area contributed by atoms with E-state index in [9.17, 15) is 21.0 Å². The maximum atomic E-state index is 10.7. The topological polar surface area (TPSA) is 139 Å². The highest BCUT2D eigenvalue weighted by atomic mass is 15.0. The third kappa shape index (κ3) is 6.79. The summed E-state index contributed by atoms with van der Waals surface area (Å²) in [7, 11) is 0. The number of benzene rings is 8. The molecule has 0 bridgehead atoms. The van der Waals surface area contributed by atoms with Crippen molar-refractivity contribution in [1.82, 2.24) is 19.5 Å². The normalized spacial score (nSPS) is 10.8. The number of rotatable bonds is 7. The molecule has 10 rings (SSSR count). The van der Waals surface area contributed by atoms with E-state index in [-0.39, 0.29) is 0 Å². The maximum Gasteiger partial charge on any atom is 0.164 e. The molecule has 0 aliphatic rings. The minimum atomic E-state index is 0.401. The average molecular weight is 803 g/mol. The van der Waals surface area contributed by atoms with Crippen molar-refractivity contribution in [3.05, 3.63) is 204 Å². The van der Waals surface area contributed by atoms with Crippen LogP contribution in [0.4, 0.5) is 0 Å². The monoisotopic (exact) mass is 802 g/mol. The number of aromatic nitrogens is 4. The van der Waals surface area contributed by atoms with Crippen LogP contribution in [0.2, 0.25) is 0 Å². The van der Waals surface area contributed by atoms with Gasteiger partial charge in [0.25, 0.3) is 0 Å². The largest absolute Gasteiger partial charge is 0.308 e. The Bertz CT molecular complexity index is 3450. The van der Waals surface area contributed by atoms with Gasteiger partial charge in [-0.15, -0.1) is 0 Å². The highest BCUT2D eigenvalue weighted by Crippen LogP contribution is 2.45. The summed E-state index contributed by atoms with van der Waals surface area (Å²) in [6.45, 7) is 0. The predicted molar refractivity (Wildman–Crippen MR) is 246 cm³/mol. The maximum absolute atomic E-state index is 10.7. The Balaban J connectivity index is 1.34. The first-order chi connectivity index (χ1) is 31.0. The van der Waals surface area contributed by atoms with E-state index in [1.54, 1.807) is 18.2 Å². The molecule has 0 aliphatic carbocycles. The van der Waals surface area contributed by atoms with Gasteiger partial charge >= 0.3 is 0 Å². The van der Waals surface area contributed by atoms with Gasteiger partial charge in [-0.2, -0.15) is 21.0 Å². The van der Waals surface area contributed by atoms with Gasteiger partial charge in [0, 0.05) is 49.7 Å². The fourth-order valence-corrected chi connectivity index (χ4v) is 8.30. The van der Waals surface area contributed by atoms with E-state index in [2.05, 4.69) is 47.0 Å². The molecule has 0 fully saturated rings. The molecule has 10 aromatic rings. The standard InChI is InChI=1S/C55H30N8/c56-31-35-25-36(32-57)27-42(26-35)39-23-24-51-47(28-39)46-21-11-12-22-50(46)63(51)52-48(44-19-9-7-17-40(44)33-58)29-43(30-49(52)45-20-10-8-18-41(45)34-59)55-61-53(37-13-3-1-4-14-37)60-54(62-55)38-15-5-2-6-16-38/h1-30H. The lowest BCUT2D eigenvalue weighted by Gasteiger charge is -2.22. The first-order valence-corrected chi connectivity index (χ1v) is 20.1. The van der Waals surface area contributed by atoms with Crippen LogP contribution in [0.3, 0.4) is 0 Å². The molecule has 0 aliphatic heterocycles. The quantitative estimate of drug-likeness (QED) is 0.156. The van der Waals surface area contributed by atoms with Gasteiger partial charge in [0.15, 0.2) is 17.5 Å². The van der Waals surface area contributed by atoms with Crippen molar-refractivity contribution in [3.8, 4) is 97.5 Å². The molecule has 0 saturated carbocycles. The van der Waals surface area contributed by atoms with Crippen LogP contribution in [0.25, 0.3) is 95.0 Å². The van der Waals surface area contributed by atoms with E-state index in [0.717, 1.165) is 60.9 Å². The molecule has 0 spiro atoms. The first kappa shape index (κ1) is 37.8. The molecule has 2 aromatic heterocycles. The van der Waals surface area contributed by atoms with Gasteiger partial charge in [0.1, 0.15) is 0 Å². The van der Waals surface area contributed by atoms with Crippen LogP contribution < -0.4 is 0 Å². The smallest absolute Gasteiger partial charge is 0.164 e. The van der Waals surface area contributed by atoms with Gasteiger partial charge in [-0.1, -0.05) is 121 Å². The third-order valence-corrected chi connectivity index (χ3v) is 11.2. The van der Waals surface area contributed by atoms with Crippen LogP contribution in [-0.2, 0) is 0 Å². The second-order valence-corrected chi connectivity index (χ2v) is 14.9. The molecule has 2 heterocycles. The zero-order chi connectivity index (χ0) is 42.9. The van der Waals surface area contributed by atoms with Gasteiger partial charge in [0.05, 0.1) is 63.3 Å². The minimum Gasteiger partial charge on any atom is -0.308 e.